The summed E-state index contributed by atoms with van der Waals surface area (Å²) in [6.07, 6.45) is 0. The van der Waals surface area contributed by atoms with Gasteiger partial charge in [0.2, 0.25) is 5.91 Å². The van der Waals surface area contributed by atoms with E-state index in [1.165, 1.54) is 23.9 Å². The van der Waals surface area contributed by atoms with E-state index in [-0.39, 0.29) is 22.8 Å². The fourth-order valence-corrected chi connectivity index (χ4v) is 3.80. The number of thioether (sulfide) groups is 1. The van der Waals surface area contributed by atoms with Gasteiger partial charge in [0, 0.05) is 34.8 Å². The van der Waals surface area contributed by atoms with Crippen LogP contribution in [-0.2, 0) is 11.3 Å². The predicted molar refractivity (Wildman–Crippen MR) is 126 cm³/mol. The summed E-state index contributed by atoms with van der Waals surface area (Å²) in [4.78, 5) is 35.9. The Labute approximate surface area is 190 Å². The average Bonchev–Trinajstić information content (AvgIpc) is 2.78. The molecule has 8 heteroatoms. The molecule has 7 nitrogen and oxygen atoms in total. The first-order chi connectivity index (χ1) is 15.3. The minimum absolute atomic E-state index is 0.0146. The molecule has 3 aromatic carbocycles. The van der Waals surface area contributed by atoms with Gasteiger partial charge < -0.3 is 10.6 Å². The maximum Gasteiger partial charge on any atom is 0.269 e. The van der Waals surface area contributed by atoms with Crippen LogP contribution in [-0.4, -0.2) is 22.0 Å². The van der Waals surface area contributed by atoms with Crippen molar-refractivity contribution in [3.8, 4) is 0 Å². The first-order valence-electron chi connectivity index (χ1n) is 9.97. The number of hydrogen-bond acceptors (Lipinski definition) is 5. The lowest BCUT2D eigenvalue weighted by Crippen LogP contribution is -2.30. The van der Waals surface area contributed by atoms with Crippen molar-refractivity contribution in [2.75, 3.05) is 5.32 Å². The van der Waals surface area contributed by atoms with Crippen molar-refractivity contribution in [3.05, 3.63) is 99.6 Å². The summed E-state index contributed by atoms with van der Waals surface area (Å²) in [7, 11) is 0. The Bertz CT molecular complexity index is 1110. The van der Waals surface area contributed by atoms with Gasteiger partial charge in [0.05, 0.1) is 10.2 Å². The maximum absolute atomic E-state index is 12.5. The third-order valence-corrected chi connectivity index (χ3v) is 5.81. The number of amides is 2. The summed E-state index contributed by atoms with van der Waals surface area (Å²) in [5.41, 5.74) is 3.18. The van der Waals surface area contributed by atoms with Crippen LogP contribution in [0.4, 0.5) is 11.4 Å². The monoisotopic (exact) mass is 449 g/mol. The van der Waals surface area contributed by atoms with E-state index in [0.29, 0.717) is 17.8 Å². The second-order valence-corrected chi connectivity index (χ2v) is 8.66. The molecule has 3 aromatic rings. The Morgan fingerprint density at radius 2 is 1.72 bits per heavy atom. The molecule has 0 fully saturated rings. The Balaban J connectivity index is 1.53. The highest BCUT2D eigenvalue weighted by Gasteiger charge is 2.15. The van der Waals surface area contributed by atoms with Gasteiger partial charge in [0.25, 0.3) is 11.6 Å². The second kappa shape index (κ2) is 10.6. The topological polar surface area (TPSA) is 101 Å². The number of nitro benzene ring substituents is 1. The Morgan fingerprint density at radius 1 is 1.03 bits per heavy atom. The standard InChI is InChI=1S/C24H23N3O4S/c1-16-6-8-19(9-7-16)24(29)26-20-5-3-4-18(14-20)15-25-23(28)17(2)32-22-12-10-21(11-13-22)27(30)31/h3-14,17H,15H2,1-2H3,(H,25,28)(H,26,29). The van der Waals surface area contributed by atoms with E-state index in [4.69, 9.17) is 0 Å². The summed E-state index contributed by atoms with van der Waals surface area (Å²) >= 11 is 1.33. The minimum Gasteiger partial charge on any atom is -0.351 e. The number of nitro groups is 1. The summed E-state index contributed by atoms with van der Waals surface area (Å²) in [6.45, 7) is 4.06. The molecule has 2 amide bonds. The Hall–Kier alpha value is -3.65. The average molecular weight is 450 g/mol. The van der Waals surface area contributed by atoms with Crippen LogP contribution in [0.25, 0.3) is 0 Å². The number of aryl methyl sites for hydroxylation is 1. The molecule has 0 saturated carbocycles. The van der Waals surface area contributed by atoms with E-state index in [9.17, 15) is 19.7 Å². The van der Waals surface area contributed by atoms with Crippen LogP contribution in [0.1, 0.15) is 28.4 Å². The first-order valence-corrected chi connectivity index (χ1v) is 10.9. The van der Waals surface area contributed by atoms with Crippen molar-refractivity contribution >= 4 is 35.0 Å². The molecule has 164 valence electrons. The van der Waals surface area contributed by atoms with Gasteiger partial charge >= 0.3 is 0 Å². The van der Waals surface area contributed by atoms with Crippen molar-refractivity contribution in [1.29, 1.82) is 0 Å². The number of nitrogens with one attached hydrogen (secondary N) is 2. The second-order valence-electron chi connectivity index (χ2n) is 7.25. The van der Waals surface area contributed by atoms with Crippen LogP contribution in [0.3, 0.4) is 0 Å². The zero-order chi connectivity index (χ0) is 23.1. The largest absolute Gasteiger partial charge is 0.351 e. The fraction of sp³-hybridized carbons (Fsp3) is 0.167. The lowest BCUT2D eigenvalue weighted by atomic mass is 10.1. The van der Waals surface area contributed by atoms with E-state index in [0.717, 1.165) is 16.0 Å². The van der Waals surface area contributed by atoms with Gasteiger partial charge in [-0.05, 0) is 55.8 Å². The number of rotatable bonds is 8. The van der Waals surface area contributed by atoms with Crippen LogP contribution >= 0.6 is 11.8 Å². The van der Waals surface area contributed by atoms with Crippen LogP contribution in [0.5, 0.6) is 0 Å². The number of carbonyl (C=O) groups excluding carboxylic acids is 2. The van der Waals surface area contributed by atoms with Crippen LogP contribution in [0, 0.1) is 17.0 Å². The molecule has 3 rings (SSSR count). The van der Waals surface area contributed by atoms with Crippen molar-refractivity contribution in [3.63, 3.8) is 0 Å². The molecule has 0 aliphatic heterocycles. The van der Waals surface area contributed by atoms with Gasteiger partial charge in [-0.1, -0.05) is 29.8 Å². The quantitative estimate of drug-likeness (QED) is 0.288. The van der Waals surface area contributed by atoms with Crippen molar-refractivity contribution in [1.82, 2.24) is 5.32 Å². The molecule has 0 bridgehead atoms. The molecule has 0 saturated heterocycles. The number of hydrogen-bond donors (Lipinski definition) is 2. The van der Waals surface area contributed by atoms with Crippen molar-refractivity contribution < 1.29 is 14.5 Å². The lowest BCUT2D eigenvalue weighted by Gasteiger charge is -2.13. The third kappa shape index (κ3) is 6.42. The van der Waals surface area contributed by atoms with Gasteiger partial charge in [-0.3, -0.25) is 19.7 Å². The number of non-ortho nitro benzene ring substituents is 1. The highest BCUT2D eigenvalue weighted by Crippen LogP contribution is 2.25. The van der Waals surface area contributed by atoms with Crippen molar-refractivity contribution in [2.45, 2.75) is 30.5 Å². The van der Waals surface area contributed by atoms with Crippen LogP contribution < -0.4 is 10.6 Å². The van der Waals surface area contributed by atoms with E-state index >= 15 is 0 Å². The van der Waals surface area contributed by atoms with Gasteiger partial charge in [-0.25, -0.2) is 0 Å². The number of nitrogens with zero attached hydrogens (tertiary/aromatic N) is 1. The molecule has 0 aliphatic carbocycles. The highest BCUT2D eigenvalue weighted by molar-refractivity contribution is 8.00. The van der Waals surface area contributed by atoms with Crippen molar-refractivity contribution in [2.24, 2.45) is 0 Å². The molecule has 0 spiro atoms. The molecule has 0 heterocycles. The molecule has 2 N–H and O–H groups in total. The predicted octanol–water partition coefficient (Wildman–Crippen LogP) is 4.95. The van der Waals surface area contributed by atoms with Gasteiger partial charge in [0.15, 0.2) is 0 Å². The van der Waals surface area contributed by atoms with E-state index in [2.05, 4.69) is 10.6 Å². The van der Waals surface area contributed by atoms with E-state index in [1.54, 1.807) is 37.3 Å². The molecule has 32 heavy (non-hydrogen) atoms. The number of benzene rings is 3. The molecular weight excluding hydrogens is 426 g/mol. The summed E-state index contributed by atoms with van der Waals surface area (Å²) in [5, 5.41) is 16.1. The zero-order valence-corrected chi connectivity index (χ0v) is 18.5. The first kappa shape index (κ1) is 23.0. The van der Waals surface area contributed by atoms with E-state index < -0.39 is 4.92 Å². The highest BCUT2D eigenvalue weighted by atomic mass is 32.2. The molecule has 0 aliphatic rings. The SMILES string of the molecule is Cc1ccc(C(=O)Nc2cccc(CNC(=O)C(C)Sc3ccc([N+](=O)[O-])cc3)c2)cc1. The summed E-state index contributed by atoms with van der Waals surface area (Å²) in [5.74, 6) is -0.346. The third-order valence-electron chi connectivity index (χ3n) is 4.69. The molecule has 1 atom stereocenters. The minimum atomic E-state index is -0.456. The van der Waals surface area contributed by atoms with Gasteiger partial charge in [-0.15, -0.1) is 11.8 Å². The smallest absolute Gasteiger partial charge is 0.269 e. The van der Waals surface area contributed by atoms with Crippen LogP contribution in [0.15, 0.2) is 77.7 Å². The fourth-order valence-electron chi connectivity index (χ4n) is 2.90. The summed E-state index contributed by atoms with van der Waals surface area (Å²) < 4.78 is 0. The number of anilines is 1. The van der Waals surface area contributed by atoms with Crippen LogP contribution in [0.2, 0.25) is 0 Å². The van der Waals surface area contributed by atoms with E-state index in [1.807, 2.05) is 37.3 Å². The number of carbonyl (C=O) groups is 2. The molecule has 1 unspecified atom stereocenters. The Morgan fingerprint density at radius 3 is 2.38 bits per heavy atom. The maximum atomic E-state index is 12.5. The van der Waals surface area contributed by atoms with Gasteiger partial charge in [-0.2, -0.15) is 0 Å². The molecular formula is C24H23N3O4S. The Kier molecular flexibility index (Phi) is 7.62. The zero-order valence-electron chi connectivity index (χ0n) is 17.7. The molecule has 0 radical (unpaired) electrons. The lowest BCUT2D eigenvalue weighted by molar-refractivity contribution is -0.384. The van der Waals surface area contributed by atoms with Gasteiger partial charge in [0.1, 0.15) is 0 Å². The molecule has 0 aromatic heterocycles. The summed E-state index contributed by atoms with van der Waals surface area (Å²) in [6, 6.07) is 20.7. The normalized spacial score (nSPS) is 11.4.